The van der Waals surface area contributed by atoms with Gasteiger partial charge in [0.1, 0.15) is 10.7 Å². The molecule has 0 saturated heterocycles. The van der Waals surface area contributed by atoms with Crippen molar-refractivity contribution in [3.05, 3.63) is 52.9 Å². The van der Waals surface area contributed by atoms with E-state index in [-0.39, 0.29) is 22.0 Å². The fraction of sp³-hybridized carbons (Fsp3) is 0.214. The molecule has 0 atom stereocenters. The lowest BCUT2D eigenvalue weighted by Gasteiger charge is -2.17. The number of hydrogen-bond donors (Lipinski definition) is 0. The number of nitrogens with zero attached hydrogens (tertiary/aromatic N) is 1. The summed E-state index contributed by atoms with van der Waals surface area (Å²) in [6.07, 6.45) is 1.46. The average molecular weight is 344 g/mol. The molecule has 22 heavy (non-hydrogen) atoms. The zero-order valence-electron chi connectivity index (χ0n) is 11.9. The Morgan fingerprint density at radius 1 is 1.36 bits per heavy atom. The van der Waals surface area contributed by atoms with Gasteiger partial charge in [0.2, 0.25) is 10.0 Å². The minimum absolute atomic E-state index is 0.0268. The van der Waals surface area contributed by atoms with Gasteiger partial charge in [-0.25, -0.2) is 13.2 Å². The molecule has 0 unspecified atom stereocenters. The van der Waals surface area contributed by atoms with Crippen molar-refractivity contribution >= 4 is 27.6 Å². The van der Waals surface area contributed by atoms with Gasteiger partial charge in [0.15, 0.2) is 0 Å². The fourth-order valence-electron chi connectivity index (χ4n) is 1.82. The molecular formula is C14H14ClNO5S. The fourth-order valence-corrected chi connectivity index (χ4v) is 3.45. The van der Waals surface area contributed by atoms with E-state index in [2.05, 4.69) is 4.74 Å². The first-order valence-corrected chi connectivity index (χ1v) is 8.04. The van der Waals surface area contributed by atoms with Gasteiger partial charge in [-0.2, -0.15) is 4.31 Å². The molecule has 1 aromatic heterocycles. The number of ether oxygens (including phenoxy) is 1. The van der Waals surface area contributed by atoms with E-state index in [1.165, 1.54) is 38.6 Å². The van der Waals surface area contributed by atoms with Crippen molar-refractivity contribution < 1.29 is 22.4 Å². The summed E-state index contributed by atoms with van der Waals surface area (Å²) in [5.41, 5.74) is 0.108. The zero-order valence-corrected chi connectivity index (χ0v) is 13.5. The van der Waals surface area contributed by atoms with Crippen LogP contribution < -0.4 is 0 Å². The Morgan fingerprint density at radius 3 is 2.68 bits per heavy atom. The smallest absolute Gasteiger partial charge is 0.337 e. The number of benzene rings is 1. The van der Waals surface area contributed by atoms with Crippen molar-refractivity contribution in [1.29, 1.82) is 0 Å². The van der Waals surface area contributed by atoms with Crippen LogP contribution in [0.5, 0.6) is 0 Å². The highest BCUT2D eigenvalue weighted by atomic mass is 35.5. The Hall–Kier alpha value is -1.83. The molecule has 6 nitrogen and oxygen atoms in total. The number of carbonyl (C=O) groups excluding carboxylic acids is 1. The summed E-state index contributed by atoms with van der Waals surface area (Å²) in [6.45, 7) is 0.0497. The van der Waals surface area contributed by atoms with E-state index in [0.717, 1.165) is 4.31 Å². The second kappa shape index (κ2) is 6.51. The summed E-state index contributed by atoms with van der Waals surface area (Å²) >= 11 is 5.97. The SMILES string of the molecule is COC(=O)c1ccc(Cl)c(S(=O)(=O)N(C)Cc2ccco2)c1. The van der Waals surface area contributed by atoms with Gasteiger partial charge in [0.05, 0.1) is 30.5 Å². The molecule has 2 rings (SSSR count). The van der Waals surface area contributed by atoms with Gasteiger partial charge in [-0.3, -0.25) is 0 Å². The monoisotopic (exact) mass is 343 g/mol. The van der Waals surface area contributed by atoms with Crippen molar-refractivity contribution in [2.24, 2.45) is 0 Å². The molecule has 0 amide bonds. The molecule has 0 N–H and O–H groups in total. The quantitative estimate of drug-likeness (QED) is 0.780. The first-order chi connectivity index (χ1) is 10.4. The predicted octanol–water partition coefficient (Wildman–Crippen LogP) is 2.54. The molecule has 0 spiro atoms. The van der Waals surface area contributed by atoms with Gasteiger partial charge in [-0.1, -0.05) is 11.6 Å². The number of carbonyl (C=O) groups is 1. The molecule has 0 bridgehead atoms. The molecule has 1 heterocycles. The number of sulfonamides is 1. The van der Waals surface area contributed by atoms with Gasteiger partial charge in [0, 0.05) is 7.05 Å². The van der Waals surface area contributed by atoms with Crippen LogP contribution >= 0.6 is 11.6 Å². The molecule has 0 aliphatic carbocycles. The first-order valence-electron chi connectivity index (χ1n) is 6.23. The first kappa shape index (κ1) is 16.5. The maximum Gasteiger partial charge on any atom is 0.337 e. The normalized spacial score (nSPS) is 11.6. The van der Waals surface area contributed by atoms with E-state index >= 15 is 0 Å². The number of esters is 1. The average Bonchev–Trinajstić information content (AvgIpc) is 2.99. The predicted molar refractivity (Wildman–Crippen MR) is 80.2 cm³/mol. The number of halogens is 1. The largest absolute Gasteiger partial charge is 0.468 e. The Balaban J connectivity index is 2.37. The molecular weight excluding hydrogens is 330 g/mol. The van der Waals surface area contributed by atoms with Crippen molar-refractivity contribution in [1.82, 2.24) is 4.31 Å². The van der Waals surface area contributed by atoms with Gasteiger partial charge >= 0.3 is 5.97 Å². The number of methoxy groups -OCH3 is 1. The van der Waals surface area contributed by atoms with Gasteiger partial charge < -0.3 is 9.15 Å². The van der Waals surface area contributed by atoms with E-state index in [0.29, 0.717) is 5.76 Å². The third-order valence-electron chi connectivity index (χ3n) is 3.00. The maximum absolute atomic E-state index is 12.6. The molecule has 0 aliphatic rings. The van der Waals surface area contributed by atoms with Crippen LogP contribution in [0.15, 0.2) is 45.9 Å². The zero-order chi connectivity index (χ0) is 16.3. The molecule has 2 aromatic rings. The van der Waals surface area contributed by atoms with E-state index in [4.69, 9.17) is 16.0 Å². The topological polar surface area (TPSA) is 76.8 Å². The van der Waals surface area contributed by atoms with Crippen LogP contribution in [0.1, 0.15) is 16.1 Å². The number of rotatable bonds is 5. The van der Waals surface area contributed by atoms with Crippen molar-refractivity contribution in [2.75, 3.05) is 14.2 Å². The molecule has 0 aliphatic heterocycles. The Bertz CT molecular complexity index is 771. The second-order valence-electron chi connectivity index (χ2n) is 4.48. The van der Waals surface area contributed by atoms with Crippen molar-refractivity contribution in [2.45, 2.75) is 11.4 Å². The molecule has 0 radical (unpaired) electrons. The van der Waals surface area contributed by atoms with Gasteiger partial charge in [0.25, 0.3) is 0 Å². The van der Waals surface area contributed by atoms with E-state index in [1.807, 2.05) is 0 Å². The minimum Gasteiger partial charge on any atom is -0.468 e. The van der Waals surface area contributed by atoms with Crippen molar-refractivity contribution in [3.63, 3.8) is 0 Å². The third-order valence-corrected chi connectivity index (χ3v) is 5.28. The second-order valence-corrected chi connectivity index (χ2v) is 6.90. The number of furan rings is 1. The van der Waals surface area contributed by atoms with Crippen LogP contribution in [0.25, 0.3) is 0 Å². The van der Waals surface area contributed by atoms with E-state index in [1.54, 1.807) is 12.1 Å². The van der Waals surface area contributed by atoms with Gasteiger partial charge in [-0.05, 0) is 30.3 Å². The molecule has 0 saturated carbocycles. The van der Waals surface area contributed by atoms with Crippen LogP contribution in [-0.4, -0.2) is 32.8 Å². The lowest BCUT2D eigenvalue weighted by atomic mass is 10.2. The van der Waals surface area contributed by atoms with E-state index < -0.39 is 16.0 Å². The van der Waals surface area contributed by atoms with Gasteiger partial charge in [-0.15, -0.1) is 0 Å². The third kappa shape index (κ3) is 3.32. The molecule has 8 heteroatoms. The highest BCUT2D eigenvalue weighted by Crippen LogP contribution is 2.26. The van der Waals surface area contributed by atoms with Crippen LogP contribution in [0.4, 0.5) is 0 Å². The van der Waals surface area contributed by atoms with Crippen LogP contribution in [0.2, 0.25) is 5.02 Å². The standard InChI is InChI=1S/C14H14ClNO5S/c1-16(9-11-4-3-7-21-11)22(18,19)13-8-10(14(17)20-2)5-6-12(13)15/h3-8H,9H2,1-2H3. The highest BCUT2D eigenvalue weighted by molar-refractivity contribution is 7.89. The Morgan fingerprint density at radius 2 is 2.09 bits per heavy atom. The number of hydrogen-bond acceptors (Lipinski definition) is 5. The van der Waals surface area contributed by atoms with Crippen LogP contribution in [0, 0.1) is 0 Å². The summed E-state index contributed by atoms with van der Waals surface area (Å²) in [6, 6.07) is 7.28. The summed E-state index contributed by atoms with van der Waals surface area (Å²) in [7, 11) is -1.26. The Kier molecular flexibility index (Phi) is 4.90. The molecule has 118 valence electrons. The Labute approximate surface area is 133 Å². The summed E-state index contributed by atoms with van der Waals surface area (Å²) in [4.78, 5) is 11.4. The summed E-state index contributed by atoms with van der Waals surface area (Å²) in [5, 5.41) is 0.0268. The lowest BCUT2D eigenvalue weighted by Crippen LogP contribution is -2.26. The lowest BCUT2D eigenvalue weighted by molar-refractivity contribution is 0.0600. The van der Waals surface area contributed by atoms with Crippen LogP contribution in [0.3, 0.4) is 0 Å². The van der Waals surface area contributed by atoms with Crippen molar-refractivity contribution in [3.8, 4) is 0 Å². The molecule has 1 aromatic carbocycles. The van der Waals surface area contributed by atoms with Crippen LogP contribution in [-0.2, 0) is 21.3 Å². The highest BCUT2D eigenvalue weighted by Gasteiger charge is 2.25. The maximum atomic E-state index is 12.6. The summed E-state index contributed by atoms with van der Waals surface area (Å²) < 4.78 is 36.0. The summed E-state index contributed by atoms with van der Waals surface area (Å²) in [5.74, 6) is -0.145. The minimum atomic E-state index is -3.88. The van der Waals surface area contributed by atoms with E-state index in [9.17, 15) is 13.2 Å². The molecule has 0 fully saturated rings.